The molecule has 3 rings (SSSR count). The Hall–Kier alpha value is -3.21. The molecule has 0 fully saturated rings. The average Bonchev–Trinajstić information content (AvgIpc) is 2.69. The zero-order valence-corrected chi connectivity index (χ0v) is 14.1. The summed E-state index contributed by atoms with van der Waals surface area (Å²) in [6.07, 6.45) is 5.25. The Kier molecular flexibility index (Phi) is 5.36. The van der Waals surface area contributed by atoms with E-state index in [1.54, 1.807) is 23.4 Å². The zero-order chi connectivity index (χ0) is 17.5. The number of pyridine rings is 2. The monoisotopic (exact) mass is 332 g/mol. The maximum atomic E-state index is 12.7. The molecule has 0 saturated carbocycles. The van der Waals surface area contributed by atoms with E-state index in [9.17, 15) is 4.79 Å². The van der Waals surface area contributed by atoms with E-state index < -0.39 is 0 Å². The van der Waals surface area contributed by atoms with Crippen molar-refractivity contribution in [3.8, 4) is 0 Å². The number of hydrogen-bond donors (Lipinski definition) is 1. The molecule has 0 aliphatic rings. The number of carbonyl (C=O) groups is 1. The van der Waals surface area contributed by atoms with Crippen LogP contribution in [-0.2, 0) is 6.54 Å². The lowest BCUT2D eigenvalue weighted by atomic mass is 10.2. The summed E-state index contributed by atoms with van der Waals surface area (Å²) in [5.41, 5.74) is 3.25. The van der Waals surface area contributed by atoms with E-state index in [2.05, 4.69) is 15.3 Å². The molecule has 2 aromatic heterocycles. The largest absolute Gasteiger partial charge is 0.380 e. The van der Waals surface area contributed by atoms with E-state index in [-0.39, 0.29) is 5.91 Å². The number of carbonyl (C=O) groups excluding carboxylic acids is 1. The summed E-state index contributed by atoms with van der Waals surface area (Å²) in [7, 11) is 0. The SMILES string of the molecule is CCN(C(=O)c1ccc(NCc2cccnc2)cn1)c1ccccc1. The summed E-state index contributed by atoms with van der Waals surface area (Å²) in [5.74, 6) is -0.104. The minimum Gasteiger partial charge on any atom is -0.380 e. The Labute approximate surface area is 147 Å². The first-order valence-electron chi connectivity index (χ1n) is 8.23. The number of benzene rings is 1. The van der Waals surface area contributed by atoms with Crippen molar-refractivity contribution in [2.45, 2.75) is 13.5 Å². The van der Waals surface area contributed by atoms with Gasteiger partial charge in [0, 0.05) is 31.2 Å². The van der Waals surface area contributed by atoms with Crippen LogP contribution in [0, 0.1) is 0 Å². The van der Waals surface area contributed by atoms with Crippen LogP contribution in [0.15, 0.2) is 73.2 Å². The topological polar surface area (TPSA) is 58.1 Å². The van der Waals surface area contributed by atoms with Gasteiger partial charge in [0.2, 0.25) is 0 Å². The van der Waals surface area contributed by atoms with Crippen molar-refractivity contribution in [3.63, 3.8) is 0 Å². The van der Waals surface area contributed by atoms with E-state index in [0.29, 0.717) is 18.8 Å². The predicted molar refractivity (Wildman–Crippen MR) is 99.6 cm³/mol. The maximum absolute atomic E-state index is 12.7. The van der Waals surface area contributed by atoms with Gasteiger partial charge in [0.15, 0.2) is 0 Å². The number of rotatable bonds is 6. The Bertz CT molecular complexity index is 804. The first-order chi connectivity index (χ1) is 12.3. The van der Waals surface area contributed by atoms with Gasteiger partial charge in [-0.25, -0.2) is 4.98 Å². The molecule has 0 spiro atoms. The third-order valence-corrected chi connectivity index (χ3v) is 3.83. The molecule has 0 saturated heterocycles. The molecule has 0 bridgehead atoms. The fourth-order valence-corrected chi connectivity index (χ4v) is 2.52. The molecule has 2 heterocycles. The summed E-state index contributed by atoms with van der Waals surface area (Å²) in [6, 6.07) is 17.1. The van der Waals surface area contributed by atoms with Crippen LogP contribution in [-0.4, -0.2) is 22.4 Å². The number of nitrogens with one attached hydrogen (secondary N) is 1. The van der Waals surface area contributed by atoms with Gasteiger partial charge in [-0.3, -0.25) is 9.78 Å². The molecule has 0 atom stereocenters. The number of anilines is 2. The van der Waals surface area contributed by atoms with Crippen molar-refractivity contribution in [3.05, 3.63) is 84.4 Å². The lowest BCUT2D eigenvalue weighted by Gasteiger charge is -2.20. The molecule has 126 valence electrons. The van der Waals surface area contributed by atoms with Crippen molar-refractivity contribution in [2.24, 2.45) is 0 Å². The quantitative estimate of drug-likeness (QED) is 0.747. The molecule has 0 unspecified atom stereocenters. The number of amides is 1. The molecule has 5 nitrogen and oxygen atoms in total. The van der Waals surface area contributed by atoms with Gasteiger partial charge in [-0.15, -0.1) is 0 Å². The second-order valence-electron chi connectivity index (χ2n) is 5.53. The summed E-state index contributed by atoms with van der Waals surface area (Å²) in [4.78, 5) is 22.8. The van der Waals surface area contributed by atoms with Crippen molar-refractivity contribution >= 4 is 17.3 Å². The van der Waals surface area contributed by atoms with Gasteiger partial charge in [-0.2, -0.15) is 0 Å². The molecule has 1 N–H and O–H groups in total. The molecule has 1 amide bonds. The number of nitrogens with zero attached hydrogens (tertiary/aromatic N) is 3. The Morgan fingerprint density at radius 2 is 1.88 bits per heavy atom. The molecule has 0 aliphatic carbocycles. The van der Waals surface area contributed by atoms with Crippen LogP contribution >= 0.6 is 0 Å². The first kappa shape index (κ1) is 16.6. The van der Waals surface area contributed by atoms with E-state index in [1.807, 2.05) is 61.7 Å². The van der Waals surface area contributed by atoms with Crippen LogP contribution in [0.2, 0.25) is 0 Å². The first-order valence-corrected chi connectivity index (χ1v) is 8.23. The molecule has 1 aromatic carbocycles. The van der Waals surface area contributed by atoms with Crippen molar-refractivity contribution in [1.82, 2.24) is 9.97 Å². The lowest BCUT2D eigenvalue weighted by molar-refractivity contribution is 0.0983. The number of aromatic nitrogens is 2. The van der Waals surface area contributed by atoms with E-state index in [4.69, 9.17) is 0 Å². The molecule has 0 aliphatic heterocycles. The average molecular weight is 332 g/mol. The van der Waals surface area contributed by atoms with E-state index in [1.165, 1.54) is 0 Å². The van der Waals surface area contributed by atoms with Gasteiger partial charge in [-0.1, -0.05) is 24.3 Å². The van der Waals surface area contributed by atoms with Crippen LogP contribution in [0.5, 0.6) is 0 Å². The smallest absolute Gasteiger partial charge is 0.276 e. The highest BCUT2D eigenvalue weighted by molar-refractivity contribution is 6.04. The standard InChI is InChI=1S/C20H20N4O/c1-2-24(18-8-4-3-5-9-18)20(25)19-11-10-17(15-23-19)22-14-16-7-6-12-21-13-16/h3-13,15,22H,2,14H2,1H3. The van der Waals surface area contributed by atoms with Crippen LogP contribution in [0.1, 0.15) is 23.0 Å². The van der Waals surface area contributed by atoms with Gasteiger partial charge in [-0.05, 0) is 42.8 Å². The zero-order valence-electron chi connectivity index (χ0n) is 14.1. The molecule has 0 radical (unpaired) electrons. The molecule has 25 heavy (non-hydrogen) atoms. The maximum Gasteiger partial charge on any atom is 0.276 e. The minimum atomic E-state index is -0.104. The second kappa shape index (κ2) is 8.06. The third-order valence-electron chi connectivity index (χ3n) is 3.83. The highest BCUT2D eigenvalue weighted by Gasteiger charge is 2.16. The van der Waals surface area contributed by atoms with E-state index in [0.717, 1.165) is 16.9 Å². The summed E-state index contributed by atoms with van der Waals surface area (Å²) >= 11 is 0. The highest BCUT2D eigenvalue weighted by atomic mass is 16.2. The summed E-state index contributed by atoms with van der Waals surface area (Å²) in [6.45, 7) is 3.20. The second-order valence-corrected chi connectivity index (χ2v) is 5.53. The predicted octanol–water partition coefficient (Wildman–Crippen LogP) is 3.76. The number of hydrogen-bond acceptors (Lipinski definition) is 4. The van der Waals surface area contributed by atoms with Crippen LogP contribution in [0.3, 0.4) is 0 Å². The van der Waals surface area contributed by atoms with Crippen LogP contribution in [0.4, 0.5) is 11.4 Å². The molecule has 3 aromatic rings. The minimum absolute atomic E-state index is 0.104. The summed E-state index contributed by atoms with van der Waals surface area (Å²) < 4.78 is 0. The molecule has 5 heteroatoms. The van der Waals surface area contributed by atoms with Crippen molar-refractivity contribution in [1.29, 1.82) is 0 Å². The van der Waals surface area contributed by atoms with Crippen molar-refractivity contribution < 1.29 is 4.79 Å². The third kappa shape index (κ3) is 4.20. The fraction of sp³-hybridized carbons (Fsp3) is 0.150. The van der Waals surface area contributed by atoms with Gasteiger partial charge >= 0.3 is 0 Å². The number of para-hydroxylation sites is 1. The van der Waals surface area contributed by atoms with Crippen molar-refractivity contribution in [2.75, 3.05) is 16.8 Å². The molecular weight excluding hydrogens is 312 g/mol. The van der Waals surface area contributed by atoms with Gasteiger partial charge in [0.1, 0.15) is 5.69 Å². The normalized spacial score (nSPS) is 10.3. The lowest BCUT2D eigenvalue weighted by Crippen LogP contribution is -2.31. The van der Waals surface area contributed by atoms with Gasteiger partial charge in [0.25, 0.3) is 5.91 Å². The summed E-state index contributed by atoms with van der Waals surface area (Å²) in [5, 5.41) is 3.27. The Morgan fingerprint density at radius 3 is 2.52 bits per heavy atom. The van der Waals surface area contributed by atoms with Crippen LogP contribution in [0.25, 0.3) is 0 Å². The van der Waals surface area contributed by atoms with E-state index >= 15 is 0 Å². The van der Waals surface area contributed by atoms with Crippen LogP contribution < -0.4 is 10.2 Å². The fourth-order valence-electron chi connectivity index (χ4n) is 2.52. The Morgan fingerprint density at radius 1 is 1.04 bits per heavy atom. The highest BCUT2D eigenvalue weighted by Crippen LogP contribution is 2.16. The van der Waals surface area contributed by atoms with Gasteiger partial charge < -0.3 is 10.2 Å². The van der Waals surface area contributed by atoms with Gasteiger partial charge in [0.05, 0.1) is 11.9 Å². The Balaban J connectivity index is 1.68. The molecular formula is C20H20N4O.